The molecule has 0 radical (unpaired) electrons. The van der Waals surface area contributed by atoms with E-state index in [0.29, 0.717) is 25.7 Å². The van der Waals surface area contributed by atoms with Crippen molar-refractivity contribution < 1.29 is 80.2 Å². The monoisotopic (exact) mass is 1470 g/mol. The SMILES string of the molecule is CCCCCCCCCCCCCCCCCCCC(=O)OC[C@H](COP(=O)(O)OC[C@@H](O)COP(=O)(O)OC[C@@H](COC(=O)CCCCCCCCCCC)OC(=O)CCCCCCCCCCCCCCCCCCC)OC(=O)CCCCCCCCCCCCCCCCCCC. The Hall–Kier alpha value is -1.94. The summed E-state index contributed by atoms with van der Waals surface area (Å²) < 4.78 is 68.7. The van der Waals surface area contributed by atoms with E-state index in [-0.39, 0.29) is 25.7 Å². The van der Waals surface area contributed by atoms with Crippen molar-refractivity contribution in [1.29, 1.82) is 0 Å². The van der Waals surface area contributed by atoms with Gasteiger partial charge in [-0.05, 0) is 25.7 Å². The molecule has 19 heteroatoms. The molecule has 0 heterocycles. The van der Waals surface area contributed by atoms with Crippen LogP contribution in [0, 0.1) is 0 Å². The van der Waals surface area contributed by atoms with Crippen molar-refractivity contribution in [3.8, 4) is 0 Å². The summed E-state index contributed by atoms with van der Waals surface area (Å²) in [4.78, 5) is 73.0. The second-order valence-electron chi connectivity index (χ2n) is 29.2. The fourth-order valence-corrected chi connectivity index (χ4v) is 14.2. The number of aliphatic hydroxyl groups is 1. The summed E-state index contributed by atoms with van der Waals surface area (Å²) in [7, 11) is -9.92. The number of carbonyl (C=O) groups excluding carboxylic acids is 4. The van der Waals surface area contributed by atoms with Gasteiger partial charge in [0.1, 0.15) is 19.3 Å². The quantitative estimate of drug-likeness (QED) is 0.0222. The highest BCUT2D eigenvalue weighted by Crippen LogP contribution is 2.45. The maximum Gasteiger partial charge on any atom is 0.472 e. The summed E-state index contributed by atoms with van der Waals surface area (Å²) >= 11 is 0. The van der Waals surface area contributed by atoms with Crippen LogP contribution in [0.5, 0.6) is 0 Å². The molecule has 3 N–H and O–H groups in total. The number of carbonyl (C=O) groups is 4. The van der Waals surface area contributed by atoms with Gasteiger partial charge in [-0.3, -0.25) is 37.3 Å². The minimum absolute atomic E-state index is 0.109. The molecule has 0 aromatic rings. The molecule has 100 heavy (non-hydrogen) atoms. The van der Waals surface area contributed by atoms with Gasteiger partial charge >= 0.3 is 39.5 Å². The highest BCUT2D eigenvalue weighted by Gasteiger charge is 2.30. The average molecular weight is 1470 g/mol. The number of esters is 4. The van der Waals surface area contributed by atoms with Gasteiger partial charge in [0.05, 0.1) is 26.4 Å². The van der Waals surface area contributed by atoms with Gasteiger partial charge in [0.15, 0.2) is 12.2 Å². The average Bonchev–Trinajstić information content (AvgIpc) is 0.948. The van der Waals surface area contributed by atoms with E-state index in [2.05, 4.69) is 27.7 Å². The lowest BCUT2D eigenvalue weighted by atomic mass is 10.0. The lowest BCUT2D eigenvalue weighted by molar-refractivity contribution is -0.161. The summed E-state index contributed by atoms with van der Waals surface area (Å²) in [6.07, 6.45) is 67.9. The number of hydrogen-bond donors (Lipinski definition) is 3. The Morgan fingerprint density at radius 3 is 0.590 bits per heavy atom. The Morgan fingerprint density at radius 2 is 0.400 bits per heavy atom. The van der Waals surface area contributed by atoms with Gasteiger partial charge in [-0.2, -0.15) is 0 Å². The summed E-state index contributed by atoms with van der Waals surface area (Å²) in [5.74, 6) is -2.10. The summed E-state index contributed by atoms with van der Waals surface area (Å²) in [5, 5.41) is 10.6. The van der Waals surface area contributed by atoms with E-state index < -0.39 is 97.5 Å². The number of rotatable bonds is 82. The summed E-state index contributed by atoms with van der Waals surface area (Å²) in [6.45, 7) is 5.02. The van der Waals surface area contributed by atoms with Crippen LogP contribution in [-0.4, -0.2) is 96.7 Å². The molecule has 0 aromatic heterocycles. The number of aliphatic hydroxyl groups excluding tert-OH is 1. The molecule has 0 bridgehead atoms. The van der Waals surface area contributed by atoms with E-state index in [1.165, 1.54) is 270 Å². The number of ether oxygens (including phenoxy) is 4. The van der Waals surface area contributed by atoms with Crippen molar-refractivity contribution in [3.63, 3.8) is 0 Å². The Balaban J connectivity index is 5.21. The van der Waals surface area contributed by atoms with Gasteiger partial charge in [0.25, 0.3) is 0 Å². The van der Waals surface area contributed by atoms with Crippen molar-refractivity contribution in [2.75, 3.05) is 39.6 Å². The molecule has 0 fully saturated rings. The minimum atomic E-state index is -4.96. The van der Waals surface area contributed by atoms with Gasteiger partial charge in [0, 0.05) is 25.7 Å². The molecule has 0 saturated carbocycles. The molecule has 0 amide bonds. The number of phosphoric ester groups is 2. The maximum absolute atomic E-state index is 13.1. The highest BCUT2D eigenvalue weighted by atomic mass is 31.2. The van der Waals surface area contributed by atoms with Crippen LogP contribution in [0.4, 0.5) is 0 Å². The molecule has 17 nitrogen and oxygen atoms in total. The van der Waals surface area contributed by atoms with Crippen LogP contribution in [0.1, 0.15) is 439 Å². The third-order valence-electron chi connectivity index (χ3n) is 19.1. The molecule has 0 rings (SSSR count). The third kappa shape index (κ3) is 74.3. The van der Waals surface area contributed by atoms with Crippen molar-refractivity contribution >= 4 is 39.5 Å². The van der Waals surface area contributed by atoms with Crippen LogP contribution < -0.4 is 0 Å². The Labute approximate surface area is 613 Å². The number of phosphoric acid groups is 2. The lowest BCUT2D eigenvalue weighted by Crippen LogP contribution is -2.30. The first kappa shape index (κ1) is 98.1. The van der Waals surface area contributed by atoms with Gasteiger partial charge in [-0.15, -0.1) is 0 Å². The molecule has 0 saturated heterocycles. The smallest absolute Gasteiger partial charge is 0.462 e. The molecule has 2 unspecified atom stereocenters. The van der Waals surface area contributed by atoms with Crippen molar-refractivity contribution in [1.82, 2.24) is 0 Å². The van der Waals surface area contributed by atoms with Crippen LogP contribution in [0.2, 0.25) is 0 Å². The van der Waals surface area contributed by atoms with Gasteiger partial charge in [-0.1, -0.05) is 387 Å². The van der Waals surface area contributed by atoms with Gasteiger partial charge in [-0.25, -0.2) is 9.13 Å². The molecule has 594 valence electrons. The predicted octanol–water partition coefficient (Wildman–Crippen LogP) is 24.6. The fourth-order valence-electron chi connectivity index (χ4n) is 12.6. The Bertz CT molecular complexity index is 1890. The standard InChI is InChI=1S/C81H158O17P2/c1-5-9-13-17-21-25-28-31-34-37-40-43-46-50-54-58-62-66-79(84)92-72-77(98-81(86)68-64-60-56-52-48-45-42-39-36-33-30-27-23-19-15-11-7-3)74-96-100(89,90)94-70-75(82)69-93-99(87,88)95-73-76(71-91-78(83)65-61-57-53-49-24-20-16-12-8-4)97-80(85)67-63-59-55-51-47-44-41-38-35-32-29-26-22-18-14-10-6-2/h75-77,82H,5-74H2,1-4H3,(H,87,88)(H,89,90)/t75-,76+,77+/m0/s1. The van der Waals surface area contributed by atoms with Crippen LogP contribution in [0.25, 0.3) is 0 Å². The van der Waals surface area contributed by atoms with Crippen LogP contribution >= 0.6 is 15.6 Å². The van der Waals surface area contributed by atoms with Crippen molar-refractivity contribution in [3.05, 3.63) is 0 Å². The van der Waals surface area contributed by atoms with Crippen molar-refractivity contribution in [2.45, 2.75) is 457 Å². The second-order valence-corrected chi connectivity index (χ2v) is 32.1. The minimum Gasteiger partial charge on any atom is -0.462 e. The number of unbranched alkanes of at least 4 members (excludes halogenated alkanes) is 56. The lowest BCUT2D eigenvalue weighted by Gasteiger charge is -2.21. The van der Waals surface area contributed by atoms with Crippen LogP contribution in [0.3, 0.4) is 0 Å². The molecular formula is C81H158O17P2. The van der Waals surface area contributed by atoms with E-state index in [4.69, 9.17) is 37.0 Å². The van der Waals surface area contributed by atoms with E-state index >= 15 is 0 Å². The fraction of sp³-hybridized carbons (Fsp3) is 0.951. The van der Waals surface area contributed by atoms with Crippen molar-refractivity contribution in [2.24, 2.45) is 0 Å². The summed E-state index contributed by atoms with van der Waals surface area (Å²) in [6, 6.07) is 0. The first-order chi connectivity index (χ1) is 48.7. The molecular weight excluding hydrogens is 1310 g/mol. The van der Waals surface area contributed by atoms with Crippen LogP contribution in [0.15, 0.2) is 0 Å². The molecule has 0 aliphatic rings. The molecule has 0 aromatic carbocycles. The first-order valence-electron chi connectivity index (χ1n) is 42.3. The van der Waals surface area contributed by atoms with E-state index in [0.717, 1.165) is 89.9 Å². The van der Waals surface area contributed by atoms with E-state index in [1.54, 1.807) is 0 Å². The Morgan fingerprint density at radius 1 is 0.240 bits per heavy atom. The summed E-state index contributed by atoms with van der Waals surface area (Å²) in [5.41, 5.74) is 0. The van der Waals surface area contributed by atoms with Crippen LogP contribution in [-0.2, 0) is 65.4 Å². The van der Waals surface area contributed by atoms with E-state index in [9.17, 15) is 43.2 Å². The molecule has 0 aliphatic carbocycles. The number of hydrogen-bond acceptors (Lipinski definition) is 15. The Kier molecular flexibility index (Phi) is 73.8. The molecule has 0 aliphatic heterocycles. The van der Waals surface area contributed by atoms with Gasteiger partial charge < -0.3 is 33.8 Å². The topological polar surface area (TPSA) is 237 Å². The first-order valence-corrected chi connectivity index (χ1v) is 45.3. The largest absolute Gasteiger partial charge is 0.472 e. The van der Waals surface area contributed by atoms with E-state index in [1.807, 2.05) is 0 Å². The highest BCUT2D eigenvalue weighted by molar-refractivity contribution is 7.47. The zero-order chi connectivity index (χ0) is 73.2. The normalized spacial score (nSPS) is 13.8. The predicted molar refractivity (Wildman–Crippen MR) is 409 cm³/mol. The molecule has 5 atom stereocenters. The second kappa shape index (κ2) is 75.3. The molecule has 0 spiro atoms. The zero-order valence-corrected chi connectivity index (χ0v) is 67.0. The zero-order valence-electron chi connectivity index (χ0n) is 65.2. The van der Waals surface area contributed by atoms with Gasteiger partial charge in [0.2, 0.25) is 0 Å². The maximum atomic E-state index is 13.1. The third-order valence-corrected chi connectivity index (χ3v) is 21.0.